The van der Waals surface area contributed by atoms with E-state index in [0.29, 0.717) is 0 Å². The van der Waals surface area contributed by atoms with E-state index in [1.54, 1.807) is 0 Å². The van der Waals surface area contributed by atoms with E-state index in [2.05, 4.69) is 39.0 Å². The predicted octanol–water partition coefficient (Wildman–Crippen LogP) is 2.84. The zero-order valence-electron chi connectivity index (χ0n) is 8.09. The molecule has 2 heteroatoms. The number of benzene rings is 1. The van der Waals surface area contributed by atoms with Crippen LogP contribution in [0.25, 0.3) is 0 Å². The summed E-state index contributed by atoms with van der Waals surface area (Å²) in [4.78, 5) is 0. The first kappa shape index (κ1) is 15.2. The van der Waals surface area contributed by atoms with Crippen LogP contribution in [0.15, 0.2) is 24.3 Å². The third-order valence-corrected chi connectivity index (χ3v) is 1.52. The molecule has 65 valence electrons. The van der Waals surface area contributed by atoms with E-state index in [4.69, 9.17) is 0 Å². The summed E-state index contributed by atoms with van der Waals surface area (Å²) in [6.07, 6.45) is 0. The molecule has 0 aliphatic heterocycles. The van der Waals surface area contributed by atoms with Crippen molar-refractivity contribution >= 4 is 9.90 Å². The monoisotopic (exact) mass is 256 g/mol. The Morgan fingerprint density at radius 2 is 1.75 bits per heavy atom. The van der Waals surface area contributed by atoms with Gasteiger partial charge in [-0.15, -0.1) is 0 Å². The average Bonchev–Trinajstić information content (AvgIpc) is 1.88. The molecule has 0 saturated carbocycles. The molecule has 1 unspecified atom stereocenters. The standard InChI is InChI=1S/C10H13.H3P.Y/c1-10(2,3)9-7-5-4-6-8-9;;/h4-7H,1-3H3;1H3;/q-1;;. The van der Waals surface area contributed by atoms with Crippen molar-refractivity contribution in [3.05, 3.63) is 35.9 Å². The van der Waals surface area contributed by atoms with Crippen LogP contribution in [0, 0.1) is 6.07 Å². The molecule has 1 radical (unpaired) electrons. The van der Waals surface area contributed by atoms with Crippen molar-refractivity contribution < 1.29 is 32.7 Å². The molecule has 0 nitrogen and oxygen atoms in total. The van der Waals surface area contributed by atoms with E-state index in [1.807, 2.05) is 12.1 Å². The van der Waals surface area contributed by atoms with Gasteiger partial charge >= 0.3 is 0 Å². The maximum atomic E-state index is 3.21. The minimum atomic E-state index is 0. The van der Waals surface area contributed by atoms with E-state index in [1.165, 1.54) is 5.56 Å². The minimum Gasteiger partial charge on any atom is -0.180 e. The van der Waals surface area contributed by atoms with Gasteiger partial charge in [-0.3, -0.25) is 0 Å². The smallest absolute Gasteiger partial charge is 0 e. The molecule has 1 aromatic rings. The Hall–Kier alpha value is 0.754. The van der Waals surface area contributed by atoms with E-state index in [9.17, 15) is 0 Å². The molecule has 0 aliphatic carbocycles. The Kier molecular flexibility index (Phi) is 7.93. The second-order valence-electron chi connectivity index (χ2n) is 3.53. The third kappa shape index (κ3) is 4.70. The summed E-state index contributed by atoms with van der Waals surface area (Å²) in [6, 6.07) is 11.3. The van der Waals surface area contributed by atoms with Crippen molar-refractivity contribution in [2.75, 3.05) is 0 Å². The first-order chi connectivity index (χ1) is 4.61. The number of rotatable bonds is 0. The van der Waals surface area contributed by atoms with E-state index in [-0.39, 0.29) is 48.0 Å². The Morgan fingerprint density at radius 3 is 2.00 bits per heavy atom. The summed E-state index contributed by atoms with van der Waals surface area (Å²) < 4.78 is 0. The van der Waals surface area contributed by atoms with Crippen molar-refractivity contribution in [3.8, 4) is 0 Å². The minimum absolute atomic E-state index is 0. The molecular weight excluding hydrogens is 240 g/mol. The van der Waals surface area contributed by atoms with E-state index < -0.39 is 0 Å². The van der Waals surface area contributed by atoms with E-state index in [0.717, 1.165) is 0 Å². The Balaban J connectivity index is 0. The van der Waals surface area contributed by atoms with Gasteiger partial charge in [0.2, 0.25) is 0 Å². The largest absolute Gasteiger partial charge is 0.180 e. The van der Waals surface area contributed by atoms with Gasteiger partial charge in [0.05, 0.1) is 0 Å². The molecule has 0 bridgehead atoms. The van der Waals surface area contributed by atoms with Crippen LogP contribution in [-0.2, 0) is 38.1 Å². The van der Waals surface area contributed by atoms with Gasteiger partial charge in [-0.1, -0.05) is 20.8 Å². The normalized spacial score (nSPS) is 9.58. The van der Waals surface area contributed by atoms with Gasteiger partial charge in [-0.2, -0.15) is 45.8 Å². The van der Waals surface area contributed by atoms with Gasteiger partial charge < -0.3 is 0 Å². The molecule has 0 amide bonds. The molecule has 1 rings (SSSR count). The fraction of sp³-hybridized carbons (Fsp3) is 0.400. The summed E-state index contributed by atoms with van der Waals surface area (Å²) in [5.41, 5.74) is 1.51. The topological polar surface area (TPSA) is 0 Å². The molecule has 1 aromatic carbocycles. The fourth-order valence-corrected chi connectivity index (χ4v) is 0.860. The molecule has 0 saturated heterocycles. The van der Waals surface area contributed by atoms with Crippen LogP contribution in [-0.4, -0.2) is 0 Å². The summed E-state index contributed by atoms with van der Waals surface area (Å²) >= 11 is 0. The van der Waals surface area contributed by atoms with Crippen molar-refractivity contribution in [2.24, 2.45) is 0 Å². The summed E-state index contributed by atoms with van der Waals surface area (Å²) in [6.45, 7) is 6.58. The number of hydrogen-bond donors (Lipinski definition) is 0. The van der Waals surface area contributed by atoms with Gasteiger partial charge in [-0.05, 0) is 5.41 Å². The van der Waals surface area contributed by atoms with Gasteiger partial charge in [0.15, 0.2) is 0 Å². The van der Waals surface area contributed by atoms with Gasteiger partial charge in [0.25, 0.3) is 0 Å². The summed E-state index contributed by atoms with van der Waals surface area (Å²) in [5, 5.41) is 0. The second-order valence-corrected chi connectivity index (χ2v) is 3.53. The Morgan fingerprint density at radius 1 is 1.17 bits per heavy atom. The van der Waals surface area contributed by atoms with Crippen molar-refractivity contribution in [1.29, 1.82) is 0 Å². The van der Waals surface area contributed by atoms with Gasteiger partial charge in [0.1, 0.15) is 0 Å². The van der Waals surface area contributed by atoms with Crippen LogP contribution < -0.4 is 0 Å². The maximum Gasteiger partial charge on any atom is 0 e. The molecule has 1 atom stereocenters. The first-order valence-electron chi connectivity index (χ1n) is 3.58. The zero-order chi connectivity index (χ0) is 7.61. The molecule has 12 heavy (non-hydrogen) atoms. The van der Waals surface area contributed by atoms with Crippen LogP contribution in [0.1, 0.15) is 26.3 Å². The molecule has 0 fully saturated rings. The number of hydrogen-bond acceptors (Lipinski definition) is 0. The Labute approximate surface area is 104 Å². The van der Waals surface area contributed by atoms with Crippen LogP contribution in [0.2, 0.25) is 0 Å². The maximum absolute atomic E-state index is 3.21. The molecule has 0 aromatic heterocycles. The van der Waals surface area contributed by atoms with Crippen LogP contribution in [0.4, 0.5) is 0 Å². The van der Waals surface area contributed by atoms with Crippen molar-refractivity contribution in [3.63, 3.8) is 0 Å². The van der Waals surface area contributed by atoms with Crippen LogP contribution >= 0.6 is 9.90 Å². The first-order valence-corrected chi connectivity index (χ1v) is 3.58. The Bertz CT molecular complexity index is 201. The second kappa shape index (κ2) is 6.24. The molecule has 0 heterocycles. The molecule has 0 spiro atoms. The van der Waals surface area contributed by atoms with Gasteiger partial charge in [0, 0.05) is 32.7 Å². The molecular formula is C10H16PY-. The predicted molar refractivity (Wildman–Crippen MR) is 55.1 cm³/mol. The molecule has 0 aliphatic rings. The van der Waals surface area contributed by atoms with Gasteiger partial charge in [-0.25, -0.2) is 0 Å². The SMILES string of the molecule is CC(C)(C)c1[c-]cccc1.P.[Y]. The average molecular weight is 256 g/mol. The fourth-order valence-electron chi connectivity index (χ4n) is 0.860. The van der Waals surface area contributed by atoms with Crippen LogP contribution in [0.5, 0.6) is 0 Å². The zero-order valence-corrected chi connectivity index (χ0v) is 12.3. The summed E-state index contributed by atoms with van der Waals surface area (Å²) in [7, 11) is 0. The third-order valence-electron chi connectivity index (χ3n) is 1.52. The molecule has 0 N–H and O–H groups in total. The van der Waals surface area contributed by atoms with Crippen molar-refractivity contribution in [1.82, 2.24) is 0 Å². The van der Waals surface area contributed by atoms with Crippen LogP contribution in [0.3, 0.4) is 0 Å². The quantitative estimate of drug-likeness (QED) is 0.494. The van der Waals surface area contributed by atoms with Crippen molar-refractivity contribution in [2.45, 2.75) is 26.2 Å². The summed E-state index contributed by atoms with van der Waals surface area (Å²) in [5.74, 6) is 0. The van der Waals surface area contributed by atoms with E-state index >= 15 is 0 Å².